The highest BCUT2D eigenvalue weighted by molar-refractivity contribution is 6.01. The first-order valence-electron chi connectivity index (χ1n) is 14.1. The lowest BCUT2D eigenvalue weighted by Gasteiger charge is -2.44. The fourth-order valence-corrected chi connectivity index (χ4v) is 6.00. The predicted octanol–water partition coefficient (Wildman–Crippen LogP) is 3.57. The normalized spacial score (nSPS) is 26.7. The molecule has 1 aromatic rings. The van der Waals surface area contributed by atoms with Crippen LogP contribution in [0.5, 0.6) is 0 Å². The van der Waals surface area contributed by atoms with Gasteiger partial charge in [0.05, 0.1) is 18.6 Å². The summed E-state index contributed by atoms with van der Waals surface area (Å²) in [5.74, 6) is -1.23. The molecule has 9 nitrogen and oxygen atoms in total. The van der Waals surface area contributed by atoms with Gasteiger partial charge in [0, 0.05) is 57.0 Å². The van der Waals surface area contributed by atoms with Gasteiger partial charge in [0.15, 0.2) is 0 Å². The number of alkyl carbamates (subject to hydrolysis) is 1. The van der Waals surface area contributed by atoms with Crippen molar-refractivity contribution in [3.8, 4) is 0 Å². The summed E-state index contributed by atoms with van der Waals surface area (Å²) >= 11 is 0. The highest BCUT2D eigenvalue weighted by Gasteiger charge is 2.33. The molecule has 0 aromatic heterocycles. The van der Waals surface area contributed by atoms with Crippen LogP contribution in [0, 0.1) is 11.7 Å². The van der Waals surface area contributed by atoms with E-state index in [0.29, 0.717) is 24.5 Å². The summed E-state index contributed by atoms with van der Waals surface area (Å²) in [7, 11) is 1.71. The van der Waals surface area contributed by atoms with Crippen LogP contribution >= 0.6 is 0 Å². The molecule has 3 amide bonds. The van der Waals surface area contributed by atoms with Crippen molar-refractivity contribution in [2.45, 2.75) is 82.9 Å². The molecule has 4 rings (SSSR count). The van der Waals surface area contributed by atoms with Gasteiger partial charge in [-0.3, -0.25) is 19.8 Å². The second-order valence-corrected chi connectivity index (χ2v) is 12.1. The number of piperidine rings is 1. The Kier molecular flexibility index (Phi) is 9.48. The van der Waals surface area contributed by atoms with E-state index in [2.05, 4.69) is 20.4 Å². The summed E-state index contributed by atoms with van der Waals surface area (Å²) in [6, 6.07) is 5.41. The van der Waals surface area contributed by atoms with Crippen LogP contribution in [0.15, 0.2) is 18.2 Å². The maximum atomic E-state index is 15.1. The highest BCUT2D eigenvalue weighted by atomic mass is 19.1. The average molecular weight is 547 g/mol. The molecule has 2 atom stereocenters. The fraction of sp³-hybridized carbons (Fsp3) is 0.690. The second kappa shape index (κ2) is 12.6. The van der Waals surface area contributed by atoms with Crippen LogP contribution in [0.3, 0.4) is 0 Å². The number of piperazine rings is 1. The zero-order chi connectivity index (χ0) is 28.2. The Hall–Kier alpha value is -2.72. The van der Waals surface area contributed by atoms with Crippen LogP contribution in [0.2, 0.25) is 0 Å². The SMILES string of the molecule is COC[C@H]1CN(c2ccc(C3CCC(=O)NC3=O)c(F)c2)CCN1CC1CCC(NC(=O)OC(C)(C)C)CC1. The topological polar surface area (TPSA) is 100 Å². The molecular formula is C29H43FN4O5. The van der Waals surface area contributed by atoms with E-state index in [1.165, 1.54) is 6.07 Å². The zero-order valence-electron chi connectivity index (χ0n) is 23.6. The molecule has 2 aliphatic heterocycles. The standard InChI is InChI=1S/C29H43FN4O5/c1-29(2,3)39-28(37)31-20-7-5-19(6-8-20)16-33-13-14-34(17-22(33)18-38-4)21-9-10-23(25(30)15-21)24-11-12-26(35)32-27(24)36/h9-10,15,19-20,22,24H,5-8,11-14,16-18H2,1-4H3,(H,31,37)(H,32,35,36)/t19?,20?,22-,24?/m1/s1. The van der Waals surface area contributed by atoms with Crippen molar-refractivity contribution in [3.63, 3.8) is 0 Å². The summed E-state index contributed by atoms with van der Waals surface area (Å²) in [5.41, 5.74) is 0.631. The van der Waals surface area contributed by atoms with E-state index in [9.17, 15) is 14.4 Å². The smallest absolute Gasteiger partial charge is 0.407 e. The Balaban J connectivity index is 1.30. The molecule has 0 bridgehead atoms. The van der Waals surface area contributed by atoms with Gasteiger partial charge in [-0.15, -0.1) is 0 Å². The minimum absolute atomic E-state index is 0.153. The number of anilines is 1. The van der Waals surface area contributed by atoms with Crippen molar-refractivity contribution in [3.05, 3.63) is 29.6 Å². The van der Waals surface area contributed by atoms with Gasteiger partial charge in [-0.05, 0) is 70.9 Å². The van der Waals surface area contributed by atoms with Gasteiger partial charge in [0.1, 0.15) is 11.4 Å². The number of carbonyl (C=O) groups excluding carboxylic acids is 3. The van der Waals surface area contributed by atoms with E-state index in [0.717, 1.165) is 57.5 Å². The number of nitrogens with zero attached hydrogens (tertiary/aromatic N) is 2. The number of ether oxygens (including phenoxy) is 2. The lowest BCUT2D eigenvalue weighted by molar-refractivity contribution is -0.134. The molecule has 39 heavy (non-hydrogen) atoms. The van der Waals surface area contributed by atoms with Gasteiger partial charge in [-0.1, -0.05) is 6.07 Å². The van der Waals surface area contributed by atoms with E-state index < -0.39 is 23.2 Å². The number of rotatable bonds is 7. The van der Waals surface area contributed by atoms with Gasteiger partial charge in [0.25, 0.3) is 0 Å². The molecule has 2 N–H and O–H groups in total. The maximum absolute atomic E-state index is 15.1. The fourth-order valence-electron chi connectivity index (χ4n) is 6.00. The number of amides is 3. The lowest BCUT2D eigenvalue weighted by atomic mass is 9.85. The first-order chi connectivity index (χ1) is 18.5. The monoisotopic (exact) mass is 546 g/mol. The number of halogens is 1. The van der Waals surface area contributed by atoms with Gasteiger partial charge in [0.2, 0.25) is 11.8 Å². The van der Waals surface area contributed by atoms with Crippen LogP contribution in [0.4, 0.5) is 14.9 Å². The van der Waals surface area contributed by atoms with E-state index in [1.807, 2.05) is 26.8 Å². The Morgan fingerprint density at radius 1 is 1.13 bits per heavy atom. The molecule has 216 valence electrons. The largest absolute Gasteiger partial charge is 0.444 e. The van der Waals surface area contributed by atoms with E-state index in [-0.39, 0.29) is 30.5 Å². The molecule has 1 saturated carbocycles. The molecule has 3 fully saturated rings. The number of hydrogen-bond acceptors (Lipinski definition) is 7. The zero-order valence-corrected chi connectivity index (χ0v) is 23.6. The summed E-state index contributed by atoms with van der Waals surface area (Å²) < 4.78 is 26.1. The van der Waals surface area contributed by atoms with Crippen LogP contribution in [-0.4, -0.2) is 80.4 Å². The van der Waals surface area contributed by atoms with Crippen molar-refractivity contribution >= 4 is 23.6 Å². The van der Waals surface area contributed by atoms with Crippen LogP contribution < -0.4 is 15.5 Å². The molecule has 2 saturated heterocycles. The second-order valence-electron chi connectivity index (χ2n) is 12.1. The molecule has 0 spiro atoms. The van der Waals surface area contributed by atoms with Gasteiger partial charge >= 0.3 is 6.09 Å². The summed E-state index contributed by atoms with van der Waals surface area (Å²) in [6.07, 6.45) is 4.19. The third-order valence-electron chi connectivity index (χ3n) is 7.99. The number of nitrogens with one attached hydrogen (secondary N) is 2. The highest BCUT2D eigenvalue weighted by Crippen LogP contribution is 2.31. The molecule has 3 aliphatic rings. The van der Waals surface area contributed by atoms with Gasteiger partial charge in [-0.2, -0.15) is 0 Å². The van der Waals surface area contributed by atoms with Crippen LogP contribution in [0.25, 0.3) is 0 Å². The Morgan fingerprint density at radius 3 is 2.51 bits per heavy atom. The van der Waals surface area contributed by atoms with Crippen LogP contribution in [0.1, 0.15) is 70.8 Å². The van der Waals surface area contributed by atoms with E-state index in [1.54, 1.807) is 13.2 Å². The molecule has 1 aliphatic carbocycles. The quantitative estimate of drug-likeness (QED) is 0.505. The molecule has 10 heteroatoms. The number of imide groups is 1. The molecule has 1 unspecified atom stereocenters. The summed E-state index contributed by atoms with van der Waals surface area (Å²) in [4.78, 5) is 40.5. The Labute approximate surface area is 230 Å². The van der Waals surface area contributed by atoms with Gasteiger partial charge in [-0.25, -0.2) is 9.18 Å². The minimum atomic E-state index is -0.635. The van der Waals surface area contributed by atoms with Crippen molar-refractivity contribution in [1.29, 1.82) is 0 Å². The summed E-state index contributed by atoms with van der Waals surface area (Å²) in [6.45, 7) is 9.51. The van der Waals surface area contributed by atoms with Crippen molar-refractivity contribution in [1.82, 2.24) is 15.5 Å². The minimum Gasteiger partial charge on any atom is -0.444 e. The maximum Gasteiger partial charge on any atom is 0.407 e. The van der Waals surface area contributed by atoms with Crippen LogP contribution in [-0.2, 0) is 19.1 Å². The first kappa shape index (κ1) is 29.3. The number of hydrogen-bond donors (Lipinski definition) is 2. The first-order valence-corrected chi connectivity index (χ1v) is 14.1. The van der Waals surface area contributed by atoms with Crippen molar-refractivity contribution in [2.24, 2.45) is 5.92 Å². The third-order valence-corrected chi connectivity index (χ3v) is 7.99. The van der Waals surface area contributed by atoms with Crippen molar-refractivity contribution < 1.29 is 28.2 Å². The lowest BCUT2D eigenvalue weighted by Crippen LogP contribution is -2.56. The van der Waals surface area contributed by atoms with Gasteiger partial charge < -0.3 is 19.7 Å². The Morgan fingerprint density at radius 2 is 1.87 bits per heavy atom. The Bertz CT molecular complexity index is 1040. The van der Waals surface area contributed by atoms with E-state index >= 15 is 4.39 Å². The summed E-state index contributed by atoms with van der Waals surface area (Å²) in [5, 5.41) is 5.33. The molecule has 1 aromatic carbocycles. The number of carbonyl (C=O) groups is 3. The number of methoxy groups -OCH3 is 1. The average Bonchev–Trinajstić information content (AvgIpc) is 2.86. The van der Waals surface area contributed by atoms with E-state index in [4.69, 9.17) is 9.47 Å². The van der Waals surface area contributed by atoms with Crippen molar-refractivity contribution in [2.75, 3.05) is 44.8 Å². The molecular weight excluding hydrogens is 503 g/mol. The third kappa shape index (κ3) is 7.91. The number of benzene rings is 1. The molecule has 2 heterocycles. The predicted molar refractivity (Wildman–Crippen MR) is 146 cm³/mol. The molecule has 0 radical (unpaired) electrons.